The predicted molar refractivity (Wildman–Crippen MR) is 60.0 cm³/mol. The number of nitrogens with zero attached hydrogens (tertiary/aromatic N) is 2. The number of carbonyl (C=O) groups is 1. The average Bonchev–Trinajstić information content (AvgIpc) is 2.37. The molecule has 1 heterocycles. The summed E-state index contributed by atoms with van der Waals surface area (Å²) < 4.78 is 0. The van der Waals surface area contributed by atoms with Crippen molar-refractivity contribution in [2.45, 2.75) is 19.4 Å². The fourth-order valence-electron chi connectivity index (χ4n) is 1.65. The van der Waals surface area contributed by atoms with Crippen molar-refractivity contribution >= 4 is 17.6 Å². The van der Waals surface area contributed by atoms with Crippen LogP contribution in [0, 0.1) is 0 Å². The molecule has 0 bridgehead atoms. The van der Waals surface area contributed by atoms with Gasteiger partial charge in [0.05, 0.1) is 0 Å². The molecule has 0 aliphatic carbocycles. The van der Waals surface area contributed by atoms with Gasteiger partial charge < -0.3 is 5.73 Å². The number of para-hydroxylation sites is 1. The lowest BCUT2D eigenvalue weighted by molar-refractivity contribution is 0.254. The van der Waals surface area contributed by atoms with Crippen molar-refractivity contribution in [1.82, 2.24) is 0 Å². The minimum absolute atomic E-state index is 0.302. The molecule has 1 aromatic rings. The monoisotopic (exact) mass is 203 g/mol. The van der Waals surface area contributed by atoms with Crippen molar-refractivity contribution in [2.75, 3.05) is 4.90 Å². The summed E-state index contributed by atoms with van der Waals surface area (Å²) in [6.07, 6.45) is 0. The van der Waals surface area contributed by atoms with Crippen LogP contribution in [0.2, 0.25) is 0 Å². The maximum Gasteiger partial charge on any atom is 0.350 e. The molecule has 2 amide bonds. The van der Waals surface area contributed by atoms with E-state index in [9.17, 15) is 4.79 Å². The van der Waals surface area contributed by atoms with E-state index in [0.717, 1.165) is 5.69 Å². The summed E-state index contributed by atoms with van der Waals surface area (Å²) in [7, 11) is 0. The Morgan fingerprint density at radius 3 is 2.33 bits per heavy atom. The molecule has 4 nitrogen and oxygen atoms in total. The Kier molecular flexibility index (Phi) is 2.00. The van der Waals surface area contributed by atoms with E-state index in [-0.39, 0.29) is 6.03 Å². The largest absolute Gasteiger partial charge is 0.385 e. The highest BCUT2D eigenvalue weighted by Crippen LogP contribution is 2.29. The number of carbonyl (C=O) groups excluding carboxylic acids is 1. The molecule has 0 spiro atoms. The van der Waals surface area contributed by atoms with Gasteiger partial charge in [-0.2, -0.15) is 4.99 Å². The van der Waals surface area contributed by atoms with Crippen LogP contribution in [0.25, 0.3) is 0 Å². The number of hydrogen-bond donors (Lipinski definition) is 1. The zero-order valence-corrected chi connectivity index (χ0v) is 8.77. The quantitative estimate of drug-likeness (QED) is 0.756. The number of nitrogens with two attached hydrogens (primary N) is 1. The third-order valence-electron chi connectivity index (χ3n) is 2.61. The molecule has 1 aromatic carbocycles. The van der Waals surface area contributed by atoms with E-state index in [0.29, 0.717) is 5.84 Å². The summed E-state index contributed by atoms with van der Waals surface area (Å²) in [5.74, 6) is 0.358. The highest BCUT2D eigenvalue weighted by molar-refractivity contribution is 6.14. The van der Waals surface area contributed by atoms with Crippen LogP contribution in [0.3, 0.4) is 0 Å². The minimum atomic E-state index is -0.543. The molecular weight excluding hydrogens is 190 g/mol. The zero-order chi connectivity index (χ0) is 11.1. The Hall–Kier alpha value is -1.84. The van der Waals surface area contributed by atoms with Crippen molar-refractivity contribution in [3.05, 3.63) is 30.3 Å². The first-order valence-corrected chi connectivity index (χ1v) is 4.77. The molecule has 2 rings (SSSR count). The van der Waals surface area contributed by atoms with Gasteiger partial charge in [-0.3, -0.25) is 4.90 Å². The lowest BCUT2D eigenvalue weighted by Crippen LogP contribution is -2.49. The second kappa shape index (κ2) is 3.08. The molecule has 1 aliphatic heterocycles. The molecule has 0 fully saturated rings. The Morgan fingerprint density at radius 2 is 1.87 bits per heavy atom. The topological polar surface area (TPSA) is 58.7 Å². The summed E-state index contributed by atoms with van der Waals surface area (Å²) in [6, 6.07) is 9.10. The predicted octanol–water partition coefficient (Wildman–Crippen LogP) is 1.76. The van der Waals surface area contributed by atoms with Crippen LogP contribution in [0.4, 0.5) is 10.5 Å². The number of urea groups is 1. The van der Waals surface area contributed by atoms with Gasteiger partial charge in [0.15, 0.2) is 0 Å². The number of amides is 2. The lowest BCUT2D eigenvalue weighted by Gasteiger charge is -2.30. The fourth-order valence-corrected chi connectivity index (χ4v) is 1.65. The standard InChI is InChI=1S/C11H13N3O/c1-11(2)9(12)13-10(15)14(11)8-6-4-3-5-7-8/h3-7H,1-2H3,(H2,12,13,15). The lowest BCUT2D eigenvalue weighted by atomic mass is 10.0. The Morgan fingerprint density at radius 1 is 1.27 bits per heavy atom. The van der Waals surface area contributed by atoms with Gasteiger partial charge >= 0.3 is 6.03 Å². The van der Waals surface area contributed by atoms with Crippen LogP contribution in [0.15, 0.2) is 35.3 Å². The summed E-state index contributed by atoms with van der Waals surface area (Å²) in [4.78, 5) is 17.0. The first-order chi connectivity index (χ1) is 7.03. The van der Waals surface area contributed by atoms with Crippen LogP contribution in [0.1, 0.15) is 13.8 Å². The van der Waals surface area contributed by atoms with E-state index in [2.05, 4.69) is 4.99 Å². The molecule has 2 N–H and O–H groups in total. The molecule has 0 aromatic heterocycles. The van der Waals surface area contributed by atoms with Crippen molar-refractivity contribution < 1.29 is 4.79 Å². The van der Waals surface area contributed by atoms with Crippen LogP contribution in [-0.2, 0) is 0 Å². The molecule has 4 heteroatoms. The number of rotatable bonds is 1. The number of hydrogen-bond acceptors (Lipinski definition) is 2. The van der Waals surface area contributed by atoms with Gasteiger partial charge in [-0.05, 0) is 26.0 Å². The molecule has 0 saturated carbocycles. The number of aliphatic imine (C=N–C) groups is 1. The fraction of sp³-hybridized carbons (Fsp3) is 0.273. The molecular formula is C11H13N3O. The van der Waals surface area contributed by atoms with E-state index in [4.69, 9.17) is 5.73 Å². The maximum absolute atomic E-state index is 11.7. The zero-order valence-electron chi connectivity index (χ0n) is 8.77. The third-order valence-corrected chi connectivity index (χ3v) is 2.61. The Labute approximate surface area is 88.4 Å². The maximum atomic E-state index is 11.7. The highest BCUT2D eigenvalue weighted by atomic mass is 16.2. The number of anilines is 1. The third kappa shape index (κ3) is 1.38. The second-order valence-corrected chi connectivity index (χ2v) is 4.01. The van der Waals surface area contributed by atoms with Crippen LogP contribution in [0.5, 0.6) is 0 Å². The van der Waals surface area contributed by atoms with E-state index in [1.54, 1.807) is 4.90 Å². The number of amidine groups is 1. The first-order valence-electron chi connectivity index (χ1n) is 4.77. The smallest absolute Gasteiger partial charge is 0.350 e. The van der Waals surface area contributed by atoms with E-state index < -0.39 is 5.54 Å². The normalized spacial score (nSPS) is 19.2. The SMILES string of the molecule is CC1(C)C(N)=NC(=O)N1c1ccccc1. The number of benzene rings is 1. The van der Waals surface area contributed by atoms with Gasteiger partial charge in [0.2, 0.25) is 0 Å². The van der Waals surface area contributed by atoms with Crippen molar-refractivity contribution in [3.63, 3.8) is 0 Å². The molecule has 0 atom stereocenters. The van der Waals surface area contributed by atoms with Crippen LogP contribution >= 0.6 is 0 Å². The molecule has 0 saturated heterocycles. The molecule has 0 radical (unpaired) electrons. The van der Waals surface area contributed by atoms with E-state index in [1.807, 2.05) is 44.2 Å². The van der Waals surface area contributed by atoms with Gasteiger partial charge in [0.1, 0.15) is 11.4 Å². The summed E-state index contributed by atoms with van der Waals surface area (Å²) in [5, 5.41) is 0. The molecule has 0 unspecified atom stereocenters. The van der Waals surface area contributed by atoms with Crippen LogP contribution in [-0.4, -0.2) is 17.4 Å². The van der Waals surface area contributed by atoms with Gasteiger partial charge in [0.25, 0.3) is 0 Å². The Balaban J connectivity index is 2.45. The van der Waals surface area contributed by atoms with E-state index in [1.165, 1.54) is 0 Å². The van der Waals surface area contributed by atoms with Crippen molar-refractivity contribution in [2.24, 2.45) is 10.7 Å². The van der Waals surface area contributed by atoms with Gasteiger partial charge in [-0.25, -0.2) is 4.79 Å². The van der Waals surface area contributed by atoms with Gasteiger partial charge in [0, 0.05) is 5.69 Å². The average molecular weight is 203 g/mol. The Bertz CT molecular complexity index is 423. The van der Waals surface area contributed by atoms with Crippen molar-refractivity contribution in [1.29, 1.82) is 0 Å². The molecule has 78 valence electrons. The van der Waals surface area contributed by atoms with E-state index >= 15 is 0 Å². The van der Waals surface area contributed by atoms with Gasteiger partial charge in [-0.1, -0.05) is 18.2 Å². The molecule has 15 heavy (non-hydrogen) atoms. The molecule has 1 aliphatic rings. The minimum Gasteiger partial charge on any atom is -0.385 e. The van der Waals surface area contributed by atoms with Gasteiger partial charge in [-0.15, -0.1) is 0 Å². The summed E-state index contributed by atoms with van der Waals surface area (Å²) in [5.41, 5.74) is 5.99. The first kappa shape index (κ1) is 9.71. The van der Waals surface area contributed by atoms with Crippen LogP contribution < -0.4 is 10.6 Å². The van der Waals surface area contributed by atoms with Crippen molar-refractivity contribution in [3.8, 4) is 0 Å². The summed E-state index contributed by atoms with van der Waals surface area (Å²) in [6.45, 7) is 3.76. The highest BCUT2D eigenvalue weighted by Gasteiger charge is 2.41. The second-order valence-electron chi connectivity index (χ2n) is 4.01. The summed E-state index contributed by atoms with van der Waals surface area (Å²) >= 11 is 0.